The van der Waals surface area contributed by atoms with Crippen molar-refractivity contribution in [3.63, 3.8) is 0 Å². The quantitative estimate of drug-likeness (QED) is 0.708. The van der Waals surface area contributed by atoms with Crippen LogP contribution in [0.3, 0.4) is 0 Å². The molecule has 0 aromatic heterocycles. The van der Waals surface area contributed by atoms with Crippen LogP contribution in [0.1, 0.15) is 30.9 Å². The summed E-state index contributed by atoms with van der Waals surface area (Å²) >= 11 is 0. The monoisotopic (exact) mass is 175 g/mol. The first-order valence-electron chi connectivity index (χ1n) is 4.50. The summed E-state index contributed by atoms with van der Waals surface area (Å²) in [5.74, 6) is 1.46. The summed E-state index contributed by atoms with van der Waals surface area (Å²) in [6.07, 6.45) is 3.82. The summed E-state index contributed by atoms with van der Waals surface area (Å²) < 4.78 is 0. The Hall–Kier alpha value is -1.44. The summed E-state index contributed by atoms with van der Waals surface area (Å²) in [5, 5.41) is 0. The molecule has 2 rings (SSSR count). The highest BCUT2D eigenvalue weighted by Gasteiger charge is 2.07. The van der Waals surface area contributed by atoms with Crippen molar-refractivity contribution in [2.75, 3.05) is 0 Å². The predicted molar refractivity (Wildman–Crippen MR) is 53.3 cm³/mol. The van der Waals surface area contributed by atoms with Gasteiger partial charge in [0.1, 0.15) is 0 Å². The van der Waals surface area contributed by atoms with Gasteiger partial charge in [-0.3, -0.25) is 0 Å². The maximum atomic E-state index is 5.22. The third-order valence-corrected chi connectivity index (χ3v) is 2.20. The standard InChI is InChI=1S/C11H13NO/c1-8(2)9-3-4-11-10(7-9)5-6-12-13-11/h3-8,12H,1-2H3. The summed E-state index contributed by atoms with van der Waals surface area (Å²) in [4.78, 5) is 5.22. The molecule has 1 aromatic rings. The first-order valence-corrected chi connectivity index (χ1v) is 4.50. The van der Waals surface area contributed by atoms with Crippen LogP contribution in [0.4, 0.5) is 0 Å². The molecule has 0 bridgehead atoms. The number of hydrogen-bond donors (Lipinski definition) is 1. The third-order valence-electron chi connectivity index (χ3n) is 2.20. The SMILES string of the molecule is CC(C)c1ccc2c(c1)C=CNO2. The Morgan fingerprint density at radius 3 is 2.92 bits per heavy atom. The Kier molecular flexibility index (Phi) is 1.97. The van der Waals surface area contributed by atoms with Crippen molar-refractivity contribution in [1.29, 1.82) is 0 Å². The molecule has 1 aliphatic rings. The molecule has 2 heteroatoms. The van der Waals surface area contributed by atoms with Crippen LogP contribution in [0, 0.1) is 0 Å². The fraction of sp³-hybridized carbons (Fsp3) is 0.273. The first-order chi connectivity index (χ1) is 6.27. The van der Waals surface area contributed by atoms with E-state index >= 15 is 0 Å². The van der Waals surface area contributed by atoms with Crippen molar-refractivity contribution in [2.45, 2.75) is 19.8 Å². The molecule has 0 unspecified atom stereocenters. The molecular weight excluding hydrogens is 162 g/mol. The highest BCUT2D eigenvalue weighted by atomic mass is 16.6. The van der Waals surface area contributed by atoms with Crippen molar-refractivity contribution in [3.05, 3.63) is 35.5 Å². The van der Waals surface area contributed by atoms with Crippen molar-refractivity contribution >= 4 is 6.08 Å². The summed E-state index contributed by atoms with van der Waals surface area (Å²) in [7, 11) is 0. The van der Waals surface area contributed by atoms with E-state index in [0.717, 1.165) is 11.3 Å². The van der Waals surface area contributed by atoms with Gasteiger partial charge in [-0.05, 0) is 29.7 Å². The van der Waals surface area contributed by atoms with Crippen molar-refractivity contribution in [3.8, 4) is 5.75 Å². The molecule has 0 aliphatic carbocycles. The fourth-order valence-electron chi connectivity index (χ4n) is 1.37. The zero-order valence-corrected chi connectivity index (χ0v) is 7.87. The molecule has 0 atom stereocenters. The van der Waals surface area contributed by atoms with Gasteiger partial charge < -0.3 is 4.84 Å². The smallest absolute Gasteiger partial charge is 0.162 e. The number of fused-ring (bicyclic) bond motifs is 1. The Bertz CT molecular complexity index is 342. The van der Waals surface area contributed by atoms with Crippen LogP contribution in [0.5, 0.6) is 5.75 Å². The zero-order chi connectivity index (χ0) is 9.26. The molecule has 0 saturated carbocycles. The molecular formula is C11H13NO. The highest BCUT2D eigenvalue weighted by Crippen LogP contribution is 2.26. The van der Waals surface area contributed by atoms with E-state index in [9.17, 15) is 0 Å². The van der Waals surface area contributed by atoms with Crippen LogP contribution in [0.25, 0.3) is 6.08 Å². The third kappa shape index (κ3) is 1.52. The van der Waals surface area contributed by atoms with Crippen LogP contribution in [-0.4, -0.2) is 0 Å². The highest BCUT2D eigenvalue weighted by molar-refractivity contribution is 5.59. The summed E-state index contributed by atoms with van der Waals surface area (Å²) in [6.45, 7) is 4.38. The minimum atomic E-state index is 0.564. The number of benzene rings is 1. The van der Waals surface area contributed by atoms with Gasteiger partial charge in [-0.1, -0.05) is 19.9 Å². The van der Waals surface area contributed by atoms with Crippen LogP contribution in [0.15, 0.2) is 24.4 Å². The van der Waals surface area contributed by atoms with Gasteiger partial charge >= 0.3 is 0 Å². The maximum absolute atomic E-state index is 5.22. The summed E-state index contributed by atoms with van der Waals surface area (Å²) in [5.41, 5.74) is 5.19. The molecule has 1 N–H and O–H groups in total. The Morgan fingerprint density at radius 2 is 2.15 bits per heavy atom. The van der Waals surface area contributed by atoms with Gasteiger partial charge in [-0.25, -0.2) is 5.48 Å². The Labute approximate surface area is 78.2 Å². The molecule has 1 aromatic carbocycles. The lowest BCUT2D eigenvalue weighted by molar-refractivity contribution is 0.239. The molecule has 0 fully saturated rings. The van der Waals surface area contributed by atoms with Gasteiger partial charge in [-0.15, -0.1) is 0 Å². The minimum Gasteiger partial charge on any atom is -0.382 e. The predicted octanol–water partition coefficient (Wildman–Crippen LogP) is 2.68. The van der Waals surface area contributed by atoms with Crippen LogP contribution in [-0.2, 0) is 0 Å². The molecule has 0 radical (unpaired) electrons. The van der Waals surface area contributed by atoms with E-state index in [2.05, 4.69) is 31.5 Å². The second-order valence-corrected chi connectivity index (χ2v) is 3.51. The van der Waals surface area contributed by atoms with Crippen molar-refractivity contribution in [2.24, 2.45) is 0 Å². The second-order valence-electron chi connectivity index (χ2n) is 3.51. The number of nitrogens with one attached hydrogen (secondary N) is 1. The topological polar surface area (TPSA) is 21.3 Å². The van der Waals surface area contributed by atoms with Gasteiger partial charge in [-0.2, -0.15) is 0 Å². The average Bonchev–Trinajstić information content (AvgIpc) is 2.17. The van der Waals surface area contributed by atoms with E-state index in [-0.39, 0.29) is 0 Å². The second kappa shape index (κ2) is 3.13. The van der Waals surface area contributed by atoms with E-state index in [4.69, 9.17) is 4.84 Å². The molecule has 1 aliphatic heterocycles. The lowest BCUT2D eigenvalue weighted by atomic mass is 10.00. The van der Waals surface area contributed by atoms with Gasteiger partial charge in [0.05, 0.1) is 0 Å². The number of hydrogen-bond acceptors (Lipinski definition) is 2. The maximum Gasteiger partial charge on any atom is 0.162 e. The Morgan fingerprint density at radius 1 is 1.31 bits per heavy atom. The molecule has 0 spiro atoms. The lowest BCUT2D eigenvalue weighted by Gasteiger charge is -2.14. The molecule has 2 nitrogen and oxygen atoms in total. The molecule has 1 heterocycles. The van der Waals surface area contributed by atoms with Gasteiger partial charge in [0.2, 0.25) is 0 Å². The molecule has 0 amide bonds. The lowest BCUT2D eigenvalue weighted by Crippen LogP contribution is -2.14. The van der Waals surface area contributed by atoms with E-state index in [1.807, 2.05) is 12.1 Å². The molecule has 68 valence electrons. The normalized spacial score (nSPS) is 13.5. The van der Waals surface area contributed by atoms with Crippen molar-refractivity contribution in [1.82, 2.24) is 5.48 Å². The van der Waals surface area contributed by atoms with Crippen LogP contribution >= 0.6 is 0 Å². The minimum absolute atomic E-state index is 0.564. The summed E-state index contributed by atoms with van der Waals surface area (Å²) in [6, 6.07) is 6.27. The molecule has 13 heavy (non-hydrogen) atoms. The van der Waals surface area contributed by atoms with E-state index < -0.39 is 0 Å². The Balaban J connectivity index is 2.43. The first kappa shape index (κ1) is 8.17. The zero-order valence-electron chi connectivity index (χ0n) is 7.87. The number of rotatable bonds is 1. The van der Waals surface area contributed by atoms with Gasteiger partial charge in [0, 0.05) is 11.8 Å². The van der Waals surface area contributed by atoms with E-state index in [1.165, 1.54) is 5.56 Å². The van der Waals surface area contributed by atoms with E-state index in [1.54, 1.807) is 6.20 Å². The largest absolute Gasteiger partial charge is 0.382 e. The van der Waals surface area contributed by atoms with Gasteiger partial charge in [0.25, 0.3) is 0 Å². The van der Waals surface area contributed by atoms with E-state index in [0.29, 0.717) is 5.92 Å². The van der Waals surface area contributed by atoms with Crippen LogP contribution in [0.2, 0.25) is 0 Å². The van der Waals surface area contributed by atoms with Crippen LogP contribution < -0.4 is 10.3 Å². The number of hydroxylamine groups is 1. The van der Waals surface area contributed by atoms with Gasteiger partial charge in [0.15, 0.2) is 5.75 Å². The average molecular weight is 175 g/mol. The molecule has 0 saturated heterocycles. The fourth-order valence-corrected chi connectivity index (χ4v) is 1.37. The van der Waals surface area contributed by atoms with Crippen molar-refractivity contribution < 1.29 is 4.84 Å².